The molecule has 230 valence electrons. The topological polar surface area (TPSA) is 261 Å². The molecule has 0 radical (unpaired) electrons. The SMILES string of the molecule is CCC(C)C(NC(=O)C(N)CCCCN)C(=O)NC(CCCN=C(N)N)C(=O)NC(Cc1ccc(O)cc1)C(=O)O. The number of rotatable bonds is 19. The van der Waals surface area contributed by atoms with Crippen molar-refractivity contribution in [3.63, 3.8) is 0 Å². The van der Waals surface area contributed by atoms with Gasteiger partial charge in [-0.3, -0.25) is 19.4 Å². The summed E-state index contributed by atoms with van der Waals surface area (Å²) in [7, 11) is 0. The number of carboxylic acids is 1. The zero-order valence-electron chi connectivity index (χ0n) is 23.8. The molecule has 13 N–H and O–H groups in total. The largest absolute Gasteiger partial charge is 0.508 e. The number of nitrogens with one attached hydrogen (secondary N) is 3. The van der Waals surface area contributed by atoms with Crippen molar-refractivity contribution in [2.24, 2.45) is 33.8 Å². The number of guanidine groups is 1. The molecule has 0 aliphatic heterocycles. The fourth-order valence-corrected chi connectivity index (χ4v) is 3.98. The smallest absolute Gasteiger partial charge is 0.326 e. The maximum absolute atomic E-state index is 13.4. The highest BCUT2D eigenvalue weighted by molar-refractivity contribution is 5.94. The van der Waals surface area contributed by atoms with Crippen LogP contribution in [0.2, 0.25) is 0 Å². The van der Waals surface area contributed by atoms with E-state index in [9.17, 15) is 29.4 Å². The van der Waals surface area contributed by atoms with Crippen LogP contribution in [-0.2, 0) is 25.6 Å². The Balaban J connectivity index is 3.08. The maximum Gasteiger partial charge on any atom is 0.326 e. The first-order chi connectivity index (χ1) is 19.4. The number of nitrogens with zero attached hydrogens (tertiary/aromatic N) is 1. The third kappa shape index (κ3) is 13.3. The number of aliphatic carboxylic acids is 1. The van der Waals surface area contributed by atoms with Crippen LogP contribution in [0.5, 0.6) is 5.75 Å². The second-order valence-electron chi connectivity index (χ2n) is 10.0. The number of benzene rings is 1. The highest BCUT2D eigenvalue weighted by Crippen LogP contribution is 2.13. The number of hydrogen-bond acceptors (Lipinski definition) is 8. The van der Waals surface area contributed by atoms with Crippen LogP contribution in [0.4, 0.5) is 0 Å². The van der Waals surface area contributed by atoms with Crippen LogP contribution in [0, 0.1) is 5.92 Å². The Morgan fingerprint density at radius 3 is 2.10 bits per heavy atom. The third-order valence-corrected chi connectivity index (χ3v) is 6.67. The van der Waals surface area contributed by atoms with Crippen LogP contribution in [0.25, 0.3) is 0 Å². The first kappa shape index (κ1) is 35.1. The molecule has 1 aromatic rings. The second kappa shape index (κ2) is 18.4. The molecule has 1 aromatic carbocycles. The van der Waals surface area contributed by atoms with Gasteiger partial charge in [-0.2, -0.15) is 0 Å². The number of unbranched alkanes of at least 4 members (excludes halogenated alkanes) is 1. The van der Waals surface area contributed by atoms with Gasteiger partial charge < -0.3 is 49.1 Å². The van der Waals surface area contributed by atoms with E-state index >= 15 is 0 Å². The number of carbonyl (C=O) groups is 4. The van der Waals surface area contributed by atoms with Gasteiger partial charge in [0.1, 0.15) is 23.9 Å². The minimum atomic E-state index is -1.30. The average Bonchev–Trinajstić information content (AvgIpc) is 2.93. The Morgan fingerprint density at radius 2 is 1.54 bits per heavy atom. The monoisotopic (exact) mass is 578 g/mol. The van der Waals surface area contributed by atoms with Crippen molar-refractivity contribution in [2.45, 2.75) is 83.0 Å². The van der Waals surface area contributed by atoms with Gasteiger partial charge in [0, 0.05) is 13.0 Å². The zero-order chi connectivity index (χ0) is 30.9. The minimum Gasteiger partial charge on any atom is -0.508 e. The van der Waals surface area contributed by atoms with E-state index in [2.05, 4.69) is 20.9 Å². The molecule has 0 aromatic heterocycles. The van der Waals surface area contributed by atoms with Crippen LogP contribution in [0.3, 0.4) is 0 Å². The summed E-state index contributed by atoms with van der Waals surface area (Å²) in [5, 5.41) is 27.1. The summed E-state index contributed by atoms with van der Waals surface area (Å²) >= 11 is 0. The van der Waals surface area contributed by atoms with E-state index in [1.54, 1.807) is 19.1 Å². The number of aromatic hydroxyl groups is 1. The molecule has 0 heterocycles. The molecule has 14 heteroatoms. The van der Waals surface area contributed by atoms with Gasteiger partial charge in [0.05, 0.1) is 6.04 Å². The molecule has 0 spiro atoms. The molecule has 5 unspecified atom stereocenters. The van der Waals surface area contributed by atoms with Gasteiger partial charge in [-0.25, -0.2) is 4.79 Å². The number of aliphatic imine (C=N–C) groups is 1. The Kier molecular flexibility index (Phi) is 15.8. The minimum absolute atomic E-state index is 0.0210. The molecule has 0 aliphatic carbocycles. The van der Waals surface area contributed by atoms with Crippen molar-refractivity contribution in [1.82, 2.24) is 16.0 Å². The number of carboxylic acid groups (broad SMARTS) is 1. The standard InChI is InChI=1S/C27H46N8O6/c1-3-16(2)22(35-23(37)19(29)7-4-5-13-28)25(39)33-20(8-6-14-32-27(30)31)24(38)34-21(26(40)41)15-17-9-11-18(36)12-10-17/h9-12,16,19-22,36H,3-8,13-15,28-29H2,1-2H3,(H,33,39)(H,34,38)(H,35,37)(H,40,41)(H4,30,31,32). The summed E-state index contributed by atoms with van der Waals surface area (Å²) in [6, 6.07) is 1.68. The number of hydrogen-bond donors (Lipinski definition) is 9. The lowest BCUT2D eigenvalue weighted by Crippen LogP contribution is -2.58. The van der Waals surface area contributed by atoms with Crippen LogP contribution >= 0.6 is 0 Å². The number of nitrogens with two attached hydrogens (primary N) is 4. The van der Waals surface area contributed by atoms with E-state index in [-0.39, 0.29) is 37.0 Å². The summed E-state index contributed by atoms with van der Waals surface area (Å²) in [6.07, 6.45) is 2.69. The van der Waals surface area contributed by atoms with Gasteiger partial charge in [0.15, 0.2) is 5.96 Å². The summed E-state index contributed by atoms with van der Waals surface area (Å²) in [5.41, 5.74) is 22.8. The van der Waals surface area contributed by atoms with Crippen LogP contribution in [0.1, 0.15) is 57.9 Å². The van der Waals surface area contributed by atoms with Crippen molar-refractivity contribution in [3.05, 3.63) is 29.8 Å². The number of phenolic OH excluding ortho intramolecular Hbond substituents is 1. The highest BCUT2D eigenvalue weighted by Gasteiger charge is 2.32. The molecule has 41 heavy (non-hydrogen) atoms. The van der Waals surface area contributed by atoms with Crippen molar-refractivity contribution < 1.29 is 29.4 Å². The van der Waals surface area contributed by atoms with Gasteiger partial charge >= 0.3 is 5.97 Å². The molecule has 0 fully saturated rings. The van der Waals surface area contributed by atoms with Crippen LogP contribution in [0.15, 0.2) is 29.3 Å². The summed E-state index contributed by atoms with van der Waals surface area (Å²) in [5.74, 6) is -3.48. The predicted octanol–water partition coefficient (Wildman–Crippen LogP) is -0.970. The molecular weight excluding hydrogens is 532 g/mol. The Hall–Kier alpha value is -3.91. The van der Waals surface area contributed by atoms with Gasteiger partial charge in [-0.1, -0.05) is 38.8 Å². The molecule has 5 atom stereocenters. The molecule has 0 bridgehead atoms. The van der Waals surface area contributed by atoms with Crippen LogP contribution < -0.4 is 38.9 Å². The maximum atomic E-state index is 13.4. The van der Waals surface area contributed by atoms with Gasteiger partial charge in [-0.05, 0) is 55.8 Å². The Bertz CT molecular complexity index is 1020. The van der Waals surface area contributed by atoms with Crippen molar-refractivity contribution in [3.8, 4) is 5.75 Å². The normalized spacial score (nSPS) is 14.5. The fourth-order valence-electron chi connectivity index (χ4n) is 3.98. The fraction of sp³-hybridized carbons (Fsp3) is 0.593. The lowest BCUT2D eigenvalue weighted by molar-refractivity contribution is -0.142. The van der Waals surface area contributed by atoms with E-state index in [0.29, 0.717) is 37.8 Å². The molecule has 14 nitrogen and oxygen atoms in total. The lowest BCUT2D eigenvalue weighted by atomic mass is 9.96. The Labute approximate surface area is 240 Å². The molecule has 1 rings (SSSR count). The van der Waals surface area contributed by atoms with Crippen LogP contribution in [-0.4, -0.2) is 77.1 Å². The summed E-state index contributed by atoms with van der Waals surface area (Å²) in [6.45, 7) is 4.31. The van der Waals surface area contributed by atoms with E-state index < -0.39 is 47.9 Å². The van der Waals surface area contributed by atoms with E-state index in [0.717, 1.165) is 6.42 Å². The van der Waals surface area contributed by atoms with Gasteiger partial charge in [0.2, 0.25) is 17.7 Å². The van der Waals surface area contributed by atoms with Crippen molar-refractivity contribution >= 4 is 29.7 Å². The molecule has 0 saturated carbocycles. The average molecular weight is 579 g/mol. The summed E-state index contributed by atoms with van der Waals surface area (Å²) < 4.78 is 0. The first-order valence-corrected chi connectivity index (χ1v) is 13.8. The number of carbonyl (C=O) groups excluding carboxylic acids is 3. The lowest BCUT2D eigenvalue weighted by Gasteiger charge is -2.28. The summed E-state index contributed by atoms with van der Waals surface area (Å²) in [4.78, 5) is 55.2. The predicted molar refractivity (Wildman–Crippen MR) is 155 cm³/mol. The second-order valence-corrected chi connectivity index (χ2v) is 10.0. The molecule has 0 aliphatic rings. The third-order valence-electron chi connectivity index (χ3n) is 6.67. The molecule has 3 amide bonds. The molecular formula is C27H46N8O6. The van der Waals surface area contributed by atoms with E-state index in [1.165, 1.54) is 12.1 Å². The van der Waals surface area contributed by atoms with Gasteiger partial charge in [0.25, 0.3) is 0 Å². The van der Waals surface area contributed by atoms with Crippen molar-refractivity contribution in [2.75, 3.05) is 13.1 Å². The van der Waals surface area contributed by atoms with E-state index in [4.69, 9.17) is 22.9 Å². The van der Waals surface area contributed by atoms with Gasteiger partial charge in [-0.15, -0.1) is 0 Å². The number of amides is 3. The van der Waals surface area contributed by atoms with E-state index in [1.807, 2.05) is 6.92 Å². The molecule has 0 saturated heterocycles. The number of phenols is 1. The zero-order valence-corrected chi connectivity index (χ0v) is 23.8. The highest BCUT2D eigenvalue weighted by atomic mass is 16.4. The first-order valence-electron chi connectivity index (χ1n) is 13.8. The Morgan fingerprint density at radius 1 is 0.902 bits per heavy atom. The van der Waals surface area contributed by atoms with Crippen molar-refractivity contribution in [1.29, 1.82) is 0 Å². The quantitative estimate of drug-likeness (QED) is 0.0551.